The van der Waals surface area contributed by atoms with Gasteiger partial charge in [0.1, 0.15) is 0 Å². The van der Waals surface area contributed by atoms with Crippen LogP contribution < -0.4 is 0 Å². The Bertz CT molecular complexity index is 600. The molecule has 0 aromatic heterocycles. The van der Waals surface area contributed by atoms with Crippen molar-refractivity contribution in [3.05, 3.63) is 23.3 Å². The van der Waals surface area contributed by atoms with Crippen LogP contribution in [0, 0.1) is 39.9 Å². The Labute approximate surface area is 156 Å². The third kappa shape index (κ3) is 2.78. The molecule has 4 rings (SSSR count). The van der Waals surface area contributed by atoms with E-state index in [1.54, 1.807) is 5.57 Å². The topological polar surface area (TPSA) is 0 Å². The van der Waals surface area contributed by atoms with Gasteiger partial charge in [0.2, 0.25) is 0 Å². The van der Waals surface area contributed by atoms with Crippen molar-refractivity contribution in [1.29, 1.82) is 0 Å². The first-order valence-corrected chi connectivity index (χ1v) is 11.0. The number of rotatable bonds is 1. The van der Waals surface area contributed by atoms with E-state index in [1.807, 2.05) is 5.57 Å². The molecular formula is C25H40. The maximum Gasteiger partial charge on any atom is -0.00850 e. The van der Waals surface area contributed by atoms with Crippen molar-refractivity contribution in [3.63, 3.8) is 0 Å². The second-order valence-electron chi connectivity index (χ2n) is 11.7. The van der Waals surface area contributed by atoms with Crippen molar-refractivity contribution in [1.82, 2.24) is 0 Å². The first kappa shape index (κ1) is 17.9. The van der Waals surface area contributed by atoms with Gasteiger partial charge in [-0.05, 0) is 98.2 Å². The predicted molar refractivity (Wildman–Crippen MR) is 108 cm³/mol. The van der Waals surface area contributed by atoms with Crippen molar-refractivity contribution >= 4 is 0 Å². The highest BCUT2D eigenvalue weighted by atomic mass is 14.6. The zero-order valence-corrected chi connectivity index (χ0v) is 17.6. The highest BCUT2D eigenvalue weighted by Gasteiger charge is 2.55. The van der Waals surface area contributed by atoms with Crippen LogP contribution in [-0.4, -0.2) is 0 Å². The maximum atomic E-state index is 2.73. The molecule has 0 radical (unpaired) electrons. The quantitative estimate of drug-likeness (QED) is 0.432. The average molecular weight is 341 g/mol. The molecule has 6 unspecified atom stereocenters. The van der Waals surface area contributed by atoms with Gasteiger partial charge in [0.25, 0.3) is 0 Å². The number of hydrogen-bond donors (Lipinski definition) is 0. The molecule has 0 aliphatic heterocycles. The predicted octanol–water partition coefficient (Wildman–Crippen LogP) is 7.56. The third-order valence-corrected chi connectivity index (χ3v) is 9.08. The van der Waals surface area contributed by atoms with Crippen molar-refractivity contribution in [2.45, 2.75) is 92.9 Å². The van der Waals surface area contributed by atoms with Crippen LogP contribution in [0.25, 0.3) is 0 Å². The summed E-state index contributed by atoms with van der Waals surface area (Å²) in [5.41, 5.74) is 5.09. The summed E-state index contributed by atoms with van der Waals surface area (Å²) in [7, 11) is 0. The maximum absolute atomic E-state index is 2.73. The van der Waals surface area contributed by atoms with E-state index in [2.05, 4.69) is 53.7 Å². The van der Waals surface area contributed by atoms with Crippen molar-refractivity contribution < 1.29 is 0 Å². The first-order valence-electron chi connectivity index (χ1n) is 11.0. The van der Waals surface area contributed by atoms with Crippen LogP contribution in [0.3, 0.4) is 0 Å². The van der Waals surface area contributed by atoms with Crippen LogP contribution in [0.5, 0.6) is 0 Å². The standard InChI is InChI=1S/C25H40/c1-17-7-10-21-20-9-8-19-15-18(16-23(2,3)4)11-13-25(19,6)22(20)12-14-24(17,21)5/h7-8,18,20-22H,9-16H2,1-6H3. The van der Waals surface area contributed by atoms with Gasteiger partial charge in [0, 0.05) is 0 Å². The second kappa shape index (κ2) is 5.74. The summed E-state index contributed by atoms with van der Waals surface area (Å²) in [5, 5.41) is 0. The lowest BCUT2D eigenvalue weighted by Gasteiger charge is -2.58. The van der Waals surface area contributed by atoms with Crippen LogP contribution in [-0.2, 0) is 0 Å². The fourth-order valence-electron chi connectivity index (χ4n) is 7.56. The van der Waals surface area contributed by atoms with Gasteiger partial charge in [-0.1, -0.05) is 57.9 Å². The van der Waals surface area contributed by atoms with E-state index < -0.39 is 0 Å². The monoisotopic (exact) mass is 340 g/mol. The zero-order chi connectivity index (χ0) is 18.0. The van der Waals surface area contributed by atoms with Gasteiger partial charge >= 0.3 is 0 Å². The van der Waals surface area contributed by atoms with Gasteiger partial charge in [-0.2, -0.15) is 0 Å². The van der Waals surface area contributed by atoms with Gasteiger partial charge in [0.15, 0.2) is 0 Å². The van der Waals surface area contributed by atoms with Gasteiger partial charge in [-0.25, -0.2) is 0 Å². The third-order valence-electron chi connectivity index (χ3n) is 9.08. The molecule has 0 aromatic rings. The fourth-order valence-corrected chi connectivity index (χ4v) is 7.56. The Balaban J connectivity index is 1.57. The zero-order valence-electron chi connectivity index (χ0n) is 17.6. The molecule has 0 aromatic carbocycles. The summed E-state index contributed by atoms with van der Waals surface area (Å²) < 4.78 is 0. The molecule has 0 saturated heterocycles. The van der Waals surface area contributed by atoms with Gasteiger partial charge in [0.05, 0.1) is 0 Å². The smallest absolute Gasteiger partial charge is 0.00850 e. The van der Waals surface area contributed by atoms with Crippen LogP contribution in [0.15, 0.2) is 23.3 Å². The molecule has 6 atom stereocenters. The lowest BCUT2D eigenvalue weighted by atomic mass is 9.47. The lowest BCUT2D eigenvalue weighted by molar-refractivity contribution is -0.0226. The Morgan fingerprint density at radius 3 is 2.40 bits per heavy atom. The number of allylic oxidation sites excluding steroid dienone is 4. The summed E-state index contributed by atoms with van der Waals surface area (Å²) in [5.74, 6) is 3.76. The number of hydrogen-bond acceptors (Lipinski definition) is 0. The van der Waals surface area contributed by atoms with E-state index in [-0.39, 0.29) is 0 Å². The summed E-state index contributed by atoms with van der Waals surface area (Å²) in [4.78, 5) is 0. The fraction of sp³-hybridized carbons (Fsp3) is 0.840. The molecule has 0 bridgehead atoms. The van der Waals surface area contributed by atoms with Crippen LogP contribution in [0.2, 0.25) is 0 Å². The molecular weight excluding hydrogens is 300 g/mol. The highest BCUT2D eigenvalue weighted by molar-refractivity contribution is 5.29. The summed E-state index contributed by atoms with van der Waals surface area (Å²) in [6.45, 7) is 14.9. The summed E-state index contributed by atoms with van der Waals surface area (Å²) in [6.07, 6.45) is 16.7. The Morgan fingerprint density at radius 2 is 1.68 bits per heavy atom. The van der Waals surface area contributed by atoms with Crippen LogP contribution >= 0.6 is 0 Å². The Kier molecular flexibility index (Phi) is 4.10. The minimum absolute atomic E-state index is 0.482. The van der Waals surface area contributed by atoms with Gasteiger partial charge < -0.3 is 0 Å². The van der Waals surface area contributed by atoms with Crippen molar-refractivity contribution in [2.75, 3.05) is 0 Å². The first-order chi connectivity index (χ1) is 11.6. The molecule has 0 spiro atoms. The molecule has 2 saturated carbocycles. The van der Waals surface area contributed by atoms with Crippen molar-refractivity contribution in [2.24, 2.45) is 39.9 Å². The van der Waals surface area contributed by atoms with Crippen LogP contribution in [0.1, 0.15) is 92.9 Å². The SMILES string of the molecule is CC1=CCC2C3CC=C4CC(CC(C)(C)C)CCC4(C)C3CCC12C. The molecule has 4 aliphatic rings. The molecule has 140 valence electrons. The van der Waals surface area contributed by atoms with Gasteiger partial charge in [-0.15, -0.1) is 0 Å². The highest BCUT2D eigenvalue weighted by Crippen LogP contribution is 2.65. The average Bonchev–Trinajstić information content (AvgIpc) is 2.82. The van der Waals surface area contributed by atoms with E-state index in [0.717, 1.165) is 23.7 Å². The molecule has 0 N–H and O–H groups in total. The minimum atomic E-state index is 0.482. The van der Waals surface area contributed by atoms with E-state index in [9.17, 15) is 0 Å². The van der Waals surface area contributed by atoms with Crippen LogP contribution in [0.4, 0.5) is 0 Å². The molecule has 0 nitrogen and oxygen atoms in total. The summed E-state index contributed by atoms with van der Waals surface area (Å²) >= 11 is 0. The molecule has 25 heavy (non-hydrogen) atoms. The number of fused-ring (bicyclic) bond motifs is 5. The lowest BCUT2D eigenvalue weighted by Crippen LogP contribution is -2.49. The van der Waals surface area contributed by atoms with E-state index >= 15 is 0 Å². The Morgan fingerprint density at radius 1 is 0.960 bits per heavy atom. The molecule has 0 heterocycles. The largest absolute Gasteiger partial charge is 0.0847 e. The molecule has 0 amide bonds. The molecule has 0 heteroatoms. The summed E-state index contributed by atoms with van der Waals surface area (Å²) in [6, 6.07) is 0. The minimum Gasteiger partial charge on any atom is -0.0847 e. The van der Waals surface area contributed by atoms with E-state index in [1.165, 1.54) is 51.4 Å². The molecule has 4 aliphatic carbocycles. The molecule has 2 fully saturated rings. The second-order valence-corrected chi connectivity index (χ2v) is 11.7. The van der Waals surface area contributed by atoms with E-state index in [0.29, 0.717) is 16.2 Å². The van der Waals surface area contributed by atoms with Gasteiger partial charge in [-0.3, -0.25) is 0 Å². The Hall–Kier alpha value is -0.520. The van der Waals surface area contributed by atoms with E-state index in [4.69, 9.17) is 0 Å². The normalized spacial score (nSPS) is 46.6. The van der Waals surface area contributed by atoms with Crippen molar-refractivity contribution in [3.8, 4) is 0 Å².